The van der Waals surface area contributed by atoms with Crippen molar-refractivity contribution < 1.29 is 14.0 Å². The number of para-hydroxylation sites is 2. The molecule has 0 spiro atoms. The molecular formula is C22H24FN5O2S. The molecule has 0 aliphatic carbocycles. The number of rotatable bonds is 6. The molecule has 31 heavy (non-hydrogen) atoms. The van der Waals surface area contributed by atoms with E-state index < -0.39 is 0 Å². The van der Waals surface area contributed by atoms with Crippen LogP contribution in [-0.4, -0.2) is 69.6 Å². The summed E-state index contributed by atoms with van der Waals surface area (Å²) in [6.07, 6.45) is 0. The number of aryl methyl sites for hydroxylation is 1. The maximum atomic E-state index is 13.0. The summed E-state index contributed by atoms with van der Waals surface area (Å²) in [6, 6.07) is 13.6. The second kappa shape index (κ2) is 9.49. The summed E-state index contributed by atoms with van der Waals surface area (Å²) in [5.41, 5.74) is 2.54. The number of fused-ring (bicyclic) bond motifs is 1. The predicted molar refractivity (Wildman–Crippen MR) is 119 cm³/mol. The molecule has 162 valence electrons. The summed E-state index contributed by atoms with van der Waals surface area (Å²) in [5, 5.41) is 3.59. The molecule has 0 unspecified atom stereocenters. The lowest BCUT2D eigenvalue weighted by atomic mass is 10.3. The Morgan fingerprint density at radius 3 is 2.48 bits per heavy atom. The molecule has 1 N–H and O–H groups in total. The van der Waals surface area contributed by atoms with Gasteiger partial charge < -0.3 is 14.8 Å². The van der Waals surface area contributed by atoms with E-state index >= 15 is 0 Å². The van der Waals surface area contributed by atoms with Crippen LogP contribution >= 0.6 is 11.8 Å². The number of imidazole rings is 1. The highest BCUT2D eigenvalue weighted by Gasteiger charge is 2.23. The first-order valence-electron chi connectivity index (χ1n) is 10.1. The Labute approximate surface area is 184 Å². The van der Waals surface area contributed by atoms with E-state index in [4.69, 9.17) is 0 Å². The van der Waals surface area contributed by atoms with Gasteiger partial charge in [0.2, 0.25) is 11.8 Å². The Hall–Kier alpha value is -2.91. The molecule has 4 rings (SSSR count). The largest absolute Gasteiger partial charge is 0.339 e. The van der Waals surface area contributed by atoms with Crippen molar-refractivity contribution in [3.8, 4) is 0 Å². The van der Waals surface area contributed by atoms with Crippen LogP contribution in [0.5, 0.6) is 0 Å². The van der Waals surface area contributed by atoms with E-state index in [0.717, 1.165) is 16.2 Å². The molecule has 1 aliphatic heterocycles. The summed E-state index contributed by atoms with van der Waals surface area (Å²) in [7, 11) is 1.96. The molecule has 2 heterocycles. The van der Waals surface area contributed by atoms with Crippen molar-refractivity contribution in [3.63, 3.8) is 0 Å². The average molecular weight is 442 g/mol. The fourth-order valence-corrected chi connectivity index (χ4v) is 4.45. The first kappa shape index (κ1) is 21.3. The normalized spacial score (nSPS) is 14.7. The number of nitrogens with zero attached hydrogens (tertiary/aromatic N) is 4. The van der Waals surface area contributed by atoms with Gasteiger partial charge in [-0.25, -0.2) is 9.37 Å². The molecule has 0 atom stereocenters. The van der Waals surface area contributed by atoms with Crippen molar-refractivity contribution in [1.82, 2.24) is 19.4 Å². The van der Waals surface area contributed by atoms with Crippen molar-refractivity contribution in [3.05, 3.63) is 54.3 Å². The summed E-state index contributed by atoms with van der Waals surface area (Å²) < 4.78 is 15.0. The van der Waals surface area contributed by atoms with E-state index in [-0.39, 0.29) is 24.2 Å². The van der Waals surface area contributed by atoms with Gasteiger partial charge in [-0.3, -0.25) is 14.5 Å². The van der Waals surface area contributed by atoms with Crippen LogP contribution in [0.3, 0.4) is 0 Å². The number of nitrogens with one attached hydrogen (secondary N) is 1. The number of benzene rings is 2. The quantitative estimate of drug-likeness (QED) is 0.596. The predicted octanol–water partition coefficient (Wildman–Crippen LogP) is 2.59. The molecule has 9 heteroatoms. The number of thioether (sulfide) groups is 1. The maximum Gasteiger partial charge on any atom is 0.238 e. The Morgan fingerprint density at radius 2 is 1.77 bits per heavy atom. The van der Waals surface area contributed by atoms with Gasteiger partial charge in [0.1, 0.15) is 5.82 Å². The minimum Gasteiger partial charge on any atom is -0.339 e. The van der Waals surface area contributed by atoms with Crippen molar-refractivity contribution in [2.45, 2.75) is 5.16 Å². The van der Waals surface area contributed by atoms with Crippen molar-refractivity contribution in [2.24, 2.45) is 7.05 Å². The van der Waals surface area contributed by atoms with Crippen LogP contribution in [0.25, 0.3) is 11.0 Å². The number of hydrogen-bond acceptors (Lipinski definition) is 5. The SMILES string of the molecule is Cn1c(SCC(=O)N2CCN(CC(=O)Nc3ccc(F)cc3)CC2)nc2ccccc21. The maximum absolute atomic E-state index is 13.0. The van der Waals surface area contributed by atoms with E-state index in [1.54, 1.807) is 0 Å². The van der Waals surface area contributed by atoms with Gasteiger partial charge in [-0.15, -0.1) is 0 Å². The van der Waals surface area contributed by atoms with Crippen LogP contribution in [0.15, 0.2) is 53.7 Å². The highest BCUT2D eigenvalue weighted by Crippen LogP contribution is 2.23. The molecule has 0 saturated carbocycles. The van der Waals surface area contributed by atoms with Gasteiger partial charge in [0.15, 0.2) is 5.16 Å². The molecule has 2 aromatic carbocycles. The number of amides is 2. The highest BCUT2D eigenvalue weighted by molar-refractivity contribution is 7.99. The first-order valence-corrected chi connectivity index (χ1v) is 11.1. The van der Waals surface area contributed by atoms with Crippen molar-refractivity contribution >= 4 is 40.3 Å². The van der Waals surface area contributed by atoms with Gasteiger partial charge in [0, 0.05) is 38.9 Å². The molecule has 1 aromatic heterocycles. The van der Waals surface area contributed by atoms with E-state index in [9.17, 15) is 14.0 Å². The second-order valence-electron chi connectivity index (χ2n) is 7.44. The minimum atomic E-state index is -0.340. The zero-order valence-electron chi connectivity index (χ0n) is 17.3. The highest BCUT2D eigenvalue weighted by atomic mass is 32.2. The third-order valence-corrected chi connectivity index (χ3v) is 6.31. The molecule has 2 amide bonds. The van der Waals surface area contributed by atoms with E-state index in [0.29, 0.717) is 37.6 Å². The Bertz CT molecular complexity index is 1080. The summed E-state index contributed by atoms with van der Waals surface area (Å²) in [4.78, 5) is 33.3. The molecule has 0 bridgehead atoms. The van der Waals surface area contributed by atoms with Crippen molar-refractivity contribution in [1.29, 1.82) is 0 Å². The van der Waals surface area contributed by atoms with Gasteiger partial charge in [-0.2, -0.15) is 0 Å². The van der Waals surface area contributed by atoms with Crippen molar-refractivity contribution in [2.75, 3.05) is 43.8 Å². The zero-order chi connectivity index (χ0) is 21.8. The molecule has 3 aromatic rings. The number of aromatic nitrogens is 2. The second-order valence-corrected chi connectivity index (χ2v) is 8.39. The van der Waals surface area contributed by atoms with Crippen LogP contribution < -0.4 is 5.32 Å². The zero-order valence-corrected chi connectivity index (χ0v) is 18.1. The number of carbonyl (C=O) groups is 2. The van der Waals surface area contributed by atoms with Gasteiger partial charge in [0.25, 0.3) is 0 Å². The van der Waals surface area contributed by atoms with E-state index in [1.807, 2.05) is 45.7 Å². The lowest BCUT2D eigenvalue weighted by Gasteiger charge is -2.34. The monoisotopic (exact) mass is 441 g/mol. The standard InChI is InChI=1S/C22H24FN5O2S/c1-26-19-5-3-2-4-18(19)25-22(26)31-15-21(30)28-12-10-27(11-13-28)14-20(29)24-17-8-6-16(23)7-9-17/h2-9H,10-15H2,1H3,(H,24,29). The average Bonchev–Trinajstić information content (AvgIpc) is 3.10. The molecular weight excluding hydrogens is 417 g/mol. The van der Waals surface area contributed by atoms with Gasteiger partial charge in [0.05, 0.1) is 23.3 Å². The molecule has 1 fully saturated rings. The lowest BCUT2D eigenvalue weighted by molar-refractivity contribution is -0.130. The van der Waals surface area contributed by atoms with Gasteiger partial charge in [-0.05, 0) is 36.4 Å². The number of piperazine rings is 1. The first-order chi connectivity index (χ1) is 15.0. The summed E-state index contributed by atoms with van der Waals surface area (Å²) >= 11 is 1.44. The molecule has 7 nitrogen and oxygen atoms in total. The van der Waals surface area contributed by atoms with E-state index in [2.05, 4.69) is 10.3 Å². The summed E-state index contributed by atoms with van der Waals surface area (Å²) in [6.45, 7) is 2.70. The Balaban J connectivity index is 1.22. The molecule has 0 radical (unpaired) electrons. The topological polar surface area (TPSA) is 70.5 Å². The van der Waals surface area contributed by atoms with Crippen LogP contribution in [0.1, 0.15) is 0 Å². The fourth-order valence-electron chi connectivity index (χ4n) is 3.56. The van der Waals surface area contributed by atoms with Gasteiger partial charge in [-0.1, -0.05) is 23.9 Å². The number of anilines is 1. The fraction of sp³-hybridized carbons (Fsp3) is 0.318. The lowest BCUT2D eigenvalue weighted by Crippen LogP contribution is -2.50. The van der Waals surface area contributed by atoms with E-state index in [1.165, 1.54) is 36.0 Å². The third kappa shape index (κ3) is 5.23. The number of carbonyl (C=O) groups excluding carboxylic acids is 2. The molecule has 1 aliphatic rings. The van der Waals surface area contributed by atoms with Crippen LogP contribution in [0.4, 0.5) is 10.1 Å². The van der Waals surface area contributed by atoms with Crippen LogP contribution in [0, 0.1) is 5.82 Å². The van der Waals surface area contributed by atoms with Crippen LogP contribution in [-0.2, 0) is 16.6 Å². The smallest absolute Gasteiger partial charge is 0.238 e. The third-order valence-electron chi connectivity index (χ3n) is 5.29. The van der Waals surface area contributed by atoms with Crippen LogP contribution in [0.2, 0.25) is 0 Å². The Kier molecular flexibility index (Phi) is 6.53. The minimum absolute atomic E-state index is 0.0764. The van der Waals surface area contributed by atoms with Gasteiger partial charge >= 0.3 is 0 Å². The molecule has 1 saturated heterocycles. The Morgan fingerprint density at radius 1 is 1.06 bits per heavy atom. The number of hydrogen-bond donors (Lipinski definition) is 1. The summed E-state index contributed by atoms with van der Waals surface area (Å²) in [5.74, 6) is -0.0771. The number of halogens is 1.